The van der Waals surface area contributed by atoms with Crippen molar-refractivity contribution in [1.29, 1.82) is 0 Å². The van der Waals surface area contributed by atoms with Gasteiger partial charge in [0.2, 0.25) is 0 Å². The van der Waals surface area contributed by atoms with Crippen LogP contribution in [0.3, 0.4) is 0 Å². The van der Waals surface area contributed by atoms with Gasteiger partial charge in [-0.1, -0.05) is 15.9 Å². The molecule has 1 aliphatic rings. The lowest BCUT2D eigenvalue weighted by atomic mass is 10.2. The van der Waals surface area contributed by atoms with Crippen LogP contribution in [0.25, 0.3) is 0 Å². The highest BCUT2D eigenvalue weighted by atomic mass is 79.9. The number of nitrogens with one attached hydrogen (secondary N) is 1. The molecular formula is C15H18BrNO. The Hall–Kier alpha value is -0.980. The van der Waals surface area contributed by atoms with E-state index in [1.54, 1.807) is 0 Å². The quantitative estimate of drug-likeness (QED) is 0.641. The third kappa shape index (κ3) is 4.36. The number of hydrogen-bond donors (Lipinski definition) is 1. The minimum absolute atomic E-state index is 0.652. The fourth-order valence-electron chi connectivity index (χ4n) is 1.71. The highest BCUT2D eigenvalue weighted by molar-refractivity contribution is 9.10. The van der Waals surface area contributed by atoms with E-state index in [0.29, 0.717) is 12.6 Å². The Bertz CT molecular complexity index is 457. The smallest absolute Gasteiger partial charge is 0.123 e. The molecule has 0 spiro atoms. The molecule has 3 heteroatoms. The largest absolute Gasteiger partial charge is 0.492 e. The number of rotatable bonds is 6. The van der Waals surface area contributed by atoms with Crippen molar-refractivity contribution in [3.05, 3.63) is 28.2 Å². The molecule has 0 aliphatic heterocycles. The number of benzene rings is 1. The van der Waals surface area contributed by atoms with Gasteiger partial charge in [-0.3, -0.25) is 0 Å². The molecule has 2 nitrogen and oxygen atoms in total. The van der Waals surface area contributed by atoms with Gasteiger partial charge < -0.3 is 10.1 Å². The molecule has 0 unspecified atom stereocenters. The van der Waals surface area contributed by atoms with E-state index >= 15 is 0 Å². The van der Waals surface area contributed by atoms with Gasteiger partial charge in [-0.25, -0.2) is 0 Å². The fraction of sp³-hybridized carbons (Fsp3) is 0.467. The van der Waals surface area contributed by atoms with Crippen molar-refractivity contribution in [3.63, 3.8) is 0 Å². The summed E-state index contributed by atoms with van der Waals surface area (Å²) in [7, 11) is 0. The van der Waals surface area contributed by atoms with Crippen LogP contribution in [0, 0.1) is 11.8 Å². The normalized spacial score (nSPS) is 13.9. The maximum atomic E-state index is 5.78. The summed E-state index contributed by atoms with van der Waals surface area (Å²) in [6, 6.07) is 6.87. The summed E-state index contributed by atoms with van der Waals surface area (Å²) in [6.07, 6.45) is 3.38. The lowest BCUT2D eigenvalue weighted by molar-refractivity contribution is 0.322. The molecule has 0 saturated heterocycles. The van der Waals surface area contributed by atoms with E-state index in [0.717, 1.165) is 23.2 Å². The van der Waals surface area contributed by atoms with Gasteiger partial charge in [-0.05, 0) is 38.0 Å². The average Bonchev–Trinajstić information content (AvgIpc) is 3.18. The Labute approximate surface area is 117 Å². The van der Waals surface area contributed by atoms with Crippen LogP contribution in [-0.2, 0) is 6.54 Å². The summed E-state index contributed by atoms with van der Waals surface area (Å²) in [5, 5.41) is 3.51. The van der Waals surface area contributed by atoms with Gasteiger partial charge in [0.05, 0.1) is 6.61 Å². The van der Waals surface area contributed by atoms with Crippen molar-refractivity contribution in [2.75, 3.05) is 6.61 Å². The molecule has 0 radical (unpaired) electrons. The van der Waals surface area contributed by atoms with E-state index in [-0.39, 0.29) is 0 Å². The van der Waals surface area contributed by atoms with Crippen LogP contribution in [0.15, 0.2) is 22.7 Å². The Balaban J connectivity index is 1.94. The zero-order chi connectivity index (χ0) is 12.8. The van der Waals surface area contributed by atoms with Crippen molar-refractivity contribution in [2.45, 2.75) is 38.8 Å². The second kappa shape index (κ2) is 6.82. The molecule has 1 aromatic carbocycles. The fourth-order valence-corrected chi connectivity index (χ4v) is 2.11. The molecule has 0 atom stereocenters. The molecule has 1 saturated carbocycles. The Morgan fingerprint density at radius 2 is 2.28 bits per heavy atom. The van der Waals surface area contributed by atoms with Gasteiger partial charge in [0.15, 0.2) is 0 Å². The summed E-state index contributed by atoms with van der Waals surface area (Å²) in [6.45, 7) is 3.38. The van der Waals surface area contributed by atoms with E-state index in [1.807, 2.05) is 19.1 Å². The maximum Gasteiger partial charge on any atom is 0.123 e. The first-order chi connectivity index (χ1) is 8.79. The van der Waals surface area contributed by atoms with E-state index in [1.165, 1.54) is 18.4 Å². The predicted molar refractivity (Wildman–Crippen MR) is 77.6 cm³/mol. The van der Waals surface area contributed by atoms with Crippen LogP contribution in [0.4, 0.5) is 0 Å². The van der Waals surface area contributed by atoms with E-state index in [2.05, 4.69) is 39.2 Å². The molecule has 1 N–H and O–H groups in total. The van der Waals surface area contributed by atoms with E-state index in [9.17, 15) is 0 Å². The molecular weight excluding hydrogens is 290 g/mol. The average molecular weight is 308 g/mol. The molecule has 0 heterocycles. The summed E-state index contributed by atoms with van der Waals surface area (Å²) in [5.41, 5.74) is 1.21. The van der Waals surface area contributed by atoms with Gasteiger partial charge in [-0.2, -0.15) is 0 Å². The van der Waals surface area contributed by atoms with Gasteiger partial charge in [0.1, 0.15) is 5.75 Å². The minimum atomic E-state index is 0.652. The lowest BCUT2D eigenvalue weighted by Crippen LogP contribution is -2.16. The molecule has 1 aliphatic carbocycles. The molecule has 0 amide bonds. The van der Waals surface area contributed by atoms with Crippen LogP contribution in [0.1, 0.15) is 31.7 Å². The van der Waals surface area contributed by atoms with Crippen molar-refractivity contribution >= 4 is 15.9 Å². The second-order valence-corrected chi connectivity index (χ2v) is 5.35. The maximum absolute atomic E-state index is 5.78. The van der Waals surface area contributed by atoms with E-state index in [4.69, 9.17) is 4.74 Å². The zero-order valence-corrected chi connectivity index (χ0v) is 12.2. The molecule has 0 aromatic heterocycles. The number of halogens is 1. The molecule has 0 bridgehead atoms. The van der Waals surface area contributed by atoms with Gasteiger partial charge in [0, 0.05) is 29.0 Å². The monoisotopic (exact) mass is 307 g/mol. The first-order valence-electron chi connectivity index (χ1n) is 6.34. The van der Waals surface area contributed by atoms with Crippen LogP contribution in [-0.4, -0.2) is 12.6 Å². The van der Waals surface area contributed by atoms with Crippen molar-refractivity contribution in [1.82, 2.24) is 5.32 Å². The van der Waals surface area contributed by atoms with Crippen LogP contribution < -0.4 is 10.1 Å². The number of hydrogen-bond acceptors (Lipinski definition) is 2. The molecule has 1 aromatic rings. The van der Waals surface area contributed by atoms with Gasteiger partial charge in [-0.15, -0.1) is 11.8 Å². The molecule has 1 fully saturated rings. The zero-order valence-electron chi connectivity index (χ0n) is 10.6. The van der Waals surface area contributed by atoms with E-state index < -0.39 is 0 Å². The van der Waals surface area contributed by atoms with Crippen molar-refractivity contribution < 1.29 is 4.74 Å². The topological polar surface area (TPSA) is 21.3 Å². The standard InChI is InChI=1S/C15H18BrNO/c1-2-3-4-9-18-15-8-5-13(16)10-12(15)11-17-14-6-7-14/h5,8,10,14,17H,4,6-7,9,11H2,1H3. The summed E-state index contributed by atoms with van der Waals surface area (Å²) >= 11 is 3.51. The SMILES string of the molecule is CC#CCCOc1ccc(Br)cc1CNC1CC1. The minimum Gasteiger partial charge on any atom is -0.492 e. The van der Waals surface area contributed by atoms with Crippen LogP contribution >= 0.6 is 15.9 Å². The van der Waals surface area contributed by atoms with Gasteiger partial charge in [0.25, 0.3) is 0 Å². The molecule has 2 rings (SSSR count). The number of ether oxygens (including phenoxy) is 1. The lowest BCUT2D eigenvalue weighted by Gasteiger charge is -2.11. The second-order valence-electron chi connectivity index (χ2n) is 4.43. The van der Waals surface area contributed by atoms with Crippen LogP contribution in [0.2, 0.25) is 0 Å². The summed E-state index contributed by atoms with van der Waals surface area (Å²) in [4.78, 5) is 0. The van der Waals surface area contributed by atoms with Crippen molar-refractivity contribution in [3.8, 4) is 17.6 Å². The third-order valence-electron chi connectivity index (χ3n) is 2.84. The van der Waals surface area contributed by atoms with Crippen LogP contribution in [0.5, 0.6) is 5.75 Å². The molecule has 96 valence electrons. The first kappa shape index (κ1) is 13.5. The summed E-state index contributed by atoms with van der Waals surface area (Å²) in [5.74, 6) is 6.85. The van der Waals surface area contributed by atoms with Gasteiger partial charge >= 0.3 is 0 Å². The first-order valence-corrected chi connectivity index (χ1v) is 7.13. The Morgan fingerprint density at radius 3 is 3.00 bits per heavy atom. The Morgan fingerprint density at radius 1 is 1.44 bits per heavy atom. The highest BCUT2D eigenvalue weighted by Gasteiger charge is 2.20. The summed E-state index contributed by atoms with van der Waals surface area (Å²) < 4.78 is 6.88. The third-order valence-corrected chi connectivity index (χ3v) is 3.34. The Kier molecular flexibility index (Phi) is 5.10. The molecule has 18 heavy (non-hydrogen) atoms. The highest BCUT2D eigenvalue weighted by Crippen LogP contribution is 2.25. The predicted octanol–water partition coefficient (Wildman–Crippen LogP) is 3.49. The van der Waals surface area contributed by atoms with Crippen molar-refractivity contribution in [2.24, 2.45) is 0 Å².